The summed E-state index contributed by atoms with van der Waals surface area (Å²) in [5, 5.41) is 10.4. The van der Waals surface area contributed by atoms with Gasteiger partial charge in [-0.15, -0.1) is 0 Å². The Hall–Kier alpha value is -0.950. The second-order valence-corrected chi connectivity index (χ2v) is 6.39. The molecule has 0 aromatic heterocycles. The number of carbonyl (C=O) groups is 1. The molecule has 1 saturated heterocycles. The normalized spacial score (nSPS) is 24.6. The monoisotopic (exact) mass is 317 g/mol. The molecular formula is C13H16ClNO4S. The number of aliphatic hydroxyl groups excluding tert-OH is 1. The van der Waals surface area contributed by atoms with E-state index in [2.05, 4.69) is 4.74 Å². The third kappa shape index (κ3) is 2.74. The first kappa shape index (κ1) is 15.4. The van der Waals surface area contributed by atoms with Gasteiger partial charge in [-0.2, -0.15) is 0 Å². The lowest BCUT2D eigenvalue weighted by Crippen LogP contribution is -2.43. The zero-order valence-corrected chi connectivity index (χ0v) is 12.8. The van der Waals surface area contributed by atoms with E-state index in [1.165, 1.54) is 11.4 Å². The summed E-state index contributed by atoms with van der Waals surface area (Å²) >= 11 is 6.03. The summed E-state index contributed by atoms with van der Waals surface area (Å²) in [5.74, 6) is -0.581. The van der Waals surface area contributed by atoms with Crippen molar-refractivity contribution in [3.63, 3.8) is 0 Å². The Labute approximate surface area is 125 Å². The van der Waals surface area contributed by atoms with E-state index in [0.29, 0.717) is 28.4 Å². The second kappa shape index (κ2) is 6.22. The fraction of sp³-hybridized carbons (Fsp3) is 0.462. The predicted octanol–water partition coefficient (Wildman–Crippen LogP) is 1.28. The molecule has 5 nitrogen and oxygen atoms in total. The Balaban J connectivity index is 2.33. The van der Waals surface area contributed by atoms with Crippen molar-refractivity contribution in [2.75, 3.05) is 13.7 Å². The van der Waals surface area contributed by atoms with Crippen LogP contribution in [0.15, 0.2) is 23.1 Å². The van der Waals surface area contributed by atoms with Crippen LogP contribution < -0.4 is 0 Å². The van der Waals surface area contributed by atoms with Gasteiger partial charge in [-0.3, -0.25) is 4.79 Å². The lowest BCUT2D eigenvalue weighted by atomic mass is 10.2. The van der Waals surface area contributed by atoms with E-state index in [9.17, 15) is 14.1 Å². The van der Waals surface area contributed by atoms with Crippen LogP contribution in [-0.4, -0.2) is 45.4 Å². The fourth-order valence-electron chi connectivity index (χ4n) is 2.23. The van der Waals surface area contributed by atoms with Crippen molar-refractivity contribution >= 4 is 28.6 Å². The Morgan fingerprint density at radius 3 is 2.90 bits per heavy atom. The van der Waals surface area contributed by atoms with Crippen molar-refractivity contribution in [1.29, 1.82) is 0 Å². The summed E-state index contributed by atoms with van der Waals surface area (Å²) in [6, 6.07) is 4.23. The summed E-state index contributed by atoms with van der Waals surface area (Å²) in [5.41, 5.74) is 0.706. The van der Waals surface area contributed by atoms with Gasteiger partial charge in [-0.1, -0.05) is 17.7 Å². The van der Waals surface area contributed by atoms with Crippen LogP contribution in [0.4, 0.5) is 0 Å². The van der Waals surface area contributed by atoms with E-state index in [1.807, 2.05) is 0 Å². The molecule has 1 heterocycles. The van der Waals surface area contributed by atoms with Crippen LogP contribution >= 0.6 is 11.6 Å². The first-order valence-electron chi connectivity index (χ1n) is 6.17. The predicted molar refractivity (Wildman–Crippen MR) is 75.7 cm³/mol. The maximum atomic E-state index is 12.7. The largest absolute Gasteiger partial charge is 0.468 e. The SMILES string of the molecule is COC(=O)C1C(O)CCN1S(=O)c1cccc(Cl)c1C. The van der Waals surface area contributed by atoms with E-state index in [-0.39, 0.29) is 0 Å². The van der Waals surface area contributed by atoms with Gasteiger partial charge in [0.2, 0.25) is 0 Å². The van der Waals surface area contributed by atoms with E-state index in [1.54, 1.807) is 25.1 Å². The number of benzene rings is 1. The number of nitrogens with zero attached hydrogens (tertiary/aromatic N) is 1. The molecule has 0 amide bonds. The topological polar surface area (TPSA) is 66.8 Å². The van der Waals surface area contributed by atoms with Crippen LogP contribution in [0.3, 0.4) is 0 Å². The van der Waals surface area contributed by atoms with Gasteiger partial charge in [-0.05, 0) is 31.0 Å². The number of aliphatic hydroxyl groups is 1. The molecule has 0 saturated carbocycles. The molecular weight excluding hydrogens is 302 g/mol. The molecule has 1 N–H and O–H groups in total. The minimum absolute atomic E-state index is 0.361. The molecule has 110 valence electrons. The number of esters is 1. The summed E-state index contributed by atoms with van der Waals surface area (Å²) < 4.78 is 18.8. The zero-order valence-electron chi connectivity index (χ0n) is 11.2. The lowest BCUT2D eigenvalue weighted by molar-refractivity contribution is -0.146. The molecule has 0 radical (unpaired) electrons. The van der Waals surface area contributed by atoms with Gasteiger partial charge in [0.25, 0.3) is 0 Å². The first-order chi connectivity index (χ1) is 9.47. The Morgan fingerprint density at radius 1 is 1.55 bits per heavy atom. The van der Waals surface area contributed by atoms with Crippen LogP contribution in [0.1, 0.15) is 12.0 Å². The smallest absolute Gasteiger partial charge is 0.326 e. The Bertz CT molecular complexity index is 551. The highest BCUT2D eigenvalue weighted by Crippen LogP contribution is 2.28. The van der Waals surface area contributed by atoms with Gasteiger partial charge in [0.1, 0.15) is 17.0 Å². The quantitative estimate of drug-likeness (QED) is 0.853. The van der Waals surface area contributed by atoms with Gasteiger partial charge < -0.3 is 9.84 Å². The van der Waals surface area contributed by atoms with Crippen LogP contribution in [-0.2, 0) is 20.5 Å². The van der Waals surface area contributed by atoms with Gasteiger partial charge in [0, 0.05) is 11.6 Å². The van der Waals surface area contributed by atoms with Gasteiger partial charge in [-0.25, -0.2) is 8.51 Å². The molecule has 1 aliphatic rings. The molecule has 3 unspecified atom stereocenters. The molecule has 3 atom stereocenters. The number of halogens is 1. The molecule has 0 spiro atoms. The van der Waals surface area contributed by atoms with Crippen molar-refractivity contribution in [1.82, 2.24) is 4.31 Å². The first-order valence-corrected chi connectivity index (χ1v) is 7.65. The lowest BCUT2D eigenvalue weighted by Gasteiger charge is -2.23. The van der Waals surface area contributed by atoms with Gasteiger partial charge in [0.15, 0.2) is 0 Å². The Morgan fingerprint density at radius 2 is 2.25 bits per heavy atom. The maximum absolute atomic E-state index is 12.7. The Kier molecular flexibility index (Phi) is 4.80. The van der Waals surface area contributed by atoms with Gasteiger partial charge in [0.05, 0.1) is 18.1 Å². The highest BCUT2D eigenvalue weighted by atomic mass is 35.5. The molecule has 1 fully saturated rings. The number of rotatable bonds is 3. The highest BCUT2D eigenvalue weighted by molar-refractivity contribution is 7.82. The van der Waals surface area contributed by atoms with E-state index < -0.39 is 29.1 Å². The molecule has 0 aliphatic carbocycles. The van der Waals surface area contributed by atoms with E-state index >= 15 is 0 Å². The van der Waals surface area contributed by atoms with Crippen LogP contribution in [0.25, 0.3) is 0 Å². The van der Waals surface area contributed by atoms with Crippen LogP contribution in [0, 0.1) is 6.92 Å². The maximum Gasteiger partial charge on any atom is 0.326 e. The van der Waals surface area contributed by atoms with Crippen molar-refractivity contribution in [2.45, 2.75) is 30.4 Å². The summed E-state index contributed by atoms with van der Waals surface area (Å²) in [6.45, 7) is 2.13. The van der Waals surface area contributed by atoms with Crippen molar-refractivity contribution < 1.29 is 18.8 Å². The number of methoxy groups -OCH3 is 1. The average molecular weight is 318 g/mol. The van der Waals surface area contributed by atoms with Crippen LogP contribution in [0.2, 0.25) is 5.02 Å². The third-order valence-corrected chi connectivity index (χ3v) is 5.45. The second-order valence-electron chi connectivity index (χ2n) is 4.58. The minimum atomic E-state index is -1.57. The summed E-state index contributed by atoms with van der Waals surface area (Å²) in [7, 11) is -0.316. The average Bonchev–Trinajstić information content (AvgIpc) is 2.82. The summed E-state index contributed by atoms with van der Waals surface area (Å²) in [6.07, 6.45) is -0.489. The van der Waals surface area contributed by atoms with E-state index in [4.69, 9.17) is 11.6 Å². The molecule has 1 aliphatic heterocycles. The molecule has 20 heavy (non-hydrogen) atoms. The molecule has 7 heteroatoms. The minimum Gasteiger partial charge on any atom is -0.468 e. The van der Waals surface area contributed by atoms with Gasteiger partial charge >= 0.3 is 5.97 Å². The molecule has 0 bridgehead atoms. The standard InChI is InChI=1S/C13H16ClNO4S/c1-8-9(14)4-3-5-11(8)20(18)15-7-6-10(16)12(15)13(17)19-2/h3-5,10,12,16H,6-7H2,1-2H3. The third-order valence-electron chi connectivity index (χ3n) is 3.38. The van der Waals surface area contributed by atoms with E-state index in [0.717, 1.165) is 0 Å². The van der Waals surface area contributed by atoms with Crippen molar-refractivity contribution in [3.05, 3.63) is 28.8 Å². The zero-order chi connectivity index (χ0) is 14.9. The highest BCUT2D eigenvalue weighted by Gasteiger charge is 2.42. The molecule has 2 rings (SSSR count). The van der Waals surface area contributed by atoms with Crippen molar-refractivity contribution in [2.24, 2.45) is 0 Å². The summed E-state index contributed by atoms with van der Waals surface area (Å²) in [4.78, 5) is 12.3. The molecule has 1 aromatic carbocycles. The number of hydrogen-bond acceptors (Lipinski definition) is 4. The number of carbonyl (C=O) groups excluding carboxylic acids is 1. The number of hydrogen-bond donors (Lipinski definition) is 1. The van der Waals surface area contributed by atoms with Crippen LogP contribution in [0.5, 0.6) is 0 Å². The fourth-order valence-corrected chi connectivity index (χ4v) is 3.99. The number of ether oxygens (including phenoxy) is 1. The van der Waals surface area contributed by atoms with Crippen molar-refractivity contribution in [3.8, 4) is 0 Å². The molecule has 1 aromatic rings.